The van der Waals surface area contributed by atoms with Gasteiger partial charge in [0.05, 0.1) is 4.92 Å². The number of carbonyl (C=O) groups is 2. The average molecular weight is 264 g/mol. The van der Waals surface area contributed by atoms with Crippen LogP contribution < -0.4 is 16.2 Å². The number of non-ortho nitro benzene ring substituents is 1. The van der Waals surface area contributed by atoms with Crippen molar-refractivity contribution in [3.05, 3.63) is 39.9 Å². The first-order valence-corrected chi connectivity index (χ1v) is 5.67. The molecular weight excluding hydrogens is 252 g/mol. The molecule has 100 valence electrons. The lowest BCUT2D eigenvalue weighted by Crippen LogP contribution is -2.47. The molecule has 0 bridgehead atoms. The third-order valence-electron chi connectivity index (χ3n) is 2.54. The molecule has 0 radical (unpaired) electrons. The summed E-state index contributed by atoms with van der Waals surface area (Å²) in [6.45, 7) is 0. The summed E-state index contributed by atoms with van der Waals surface area (Å²) < 4.78 is 0. The van der Waals surface area contributed by atoms with Crippen LogP contribution in [-0.4, -0.2) is 22.9 Å². The van der Waals surface area contributed by atoms with Gasteiger partial charge in [0.15, 0.2) is 0 Å². The molecular formula is C11H12N4O4. The number of nitro benzene ring substituents is 1. The summed E-state index contributed by atoms with van der Waals surface area (Å²) in [5, 5.41) is 13.1. The van der Waals surface area contributed by atoms with Gasteiger partial charge in [0.2, 0.25) is 0 Å². The highest BCUT2D eigenvalue weighted by Crippen LogP contribution is 2.18. The van der Waals surface area contributed by atoms with E-state index < -0.39 is 16.9 Å². The van der Waals surface area contributed by atoms with Crippen LogP contribution in [0.25, 0.3) is 0 Å². The van der Waals surface area contributed by atoms with E-state index in [1.165, 1.54) is 24.3 Å². The number of urea groups is 1. The fourth-order valence-electron chi connectivity index (χ4n) is 1.37. The predicted octanol–water partition coefficient (Wildman–Crippen LogP) is 0.701. The summed E-state index contributed by atoms with van der Waals surface area (Å²) in [5.74, 6) is -0.541. The van der Waals surface area contributed by atoms with E-state index in [9.17, 15) is 19.7 Å². The van der Waals surface area contributed by atoms with E-state index in [0.29, 0.717) is 0 Å². The topological polar surface area (TPSA) is 113 Å². The molecule has 0 unspecified atom stereocenters. The smallest absolute Gasteiger partial charge is 0.333 e. The van der Waals surface area contributed by atoms with Gasteiger partial charge in [-0.25, -0.2) is 10.2 Å². The van der Waals surface area contributed by atoms with E-state index in [-0.39, 0.29) is 17.3 Å². The third-order valence-corrected chi connectivity index (χ3v) is 2.54. The summed E-state index contributed by atoms with van der Waals surface area (Å²) in [6, 6.07) is 4.79. The molecule has 3 N–H and O–H groups in total. The zero-order chi connectivity index (χ0) is 13.8. The van der Waals surface area contributed by atoms with Crippen molar-refractivity contribution in [2.24, 2.45) is 0 Å². The van der Waals surface area contributed by atoms with Crippen LogP contribution in [0, 0.1) is 10.1 Å². The highest BCUT2D eigenvalue weighted by atomic mass is 16.6. The molecule has 1 aliphatic carbocycles. The molecule has 1 fully saturated rings. The van der Waals surface area contributed by atoms with Crippen molar-refractivity contribution in [1.29, 1.82) is 0 Å². The Morgan fingerprint density at radius 2 is 1.79 bits per heavy atom. The predicted molar refractivity (Wildman–Crippen MR) is 65.3 cm³/mol. The average Bonchev–Trinajstić information content (AvgIpc) is 3.20. The van der Waals surface area contributed by atoms with E-state index >= 15 is 0 Å². The summed E-state index contributed by atoms with van der Waals surface area (Å²) >= 11 is 0. The number of hydrazine groups is 1. The molecule has 8 heteroatoms. The third kappa shape index (κ3) is 3.66. The second kappa shape index (κ2) is 5.34. The van der Waals surface area contributed by atoms with Gasteiger partial charge in [0.25, 0.3) is 11.6 Å². The van der Waals surface area contributed by atoms with Crippen molar-refractivity contribution in [2.45, 2.75) is 18.9 Å². The summed E-state index contributed by atoms with van der Waals surface area (Å²) in [4.78, 5) is 32.7. The van der Waals surface area contributed by atoms with E-state index in [4.69, 9.17) is 0 Å². The van der Waals surface area contributed by atoms with Crippen LogP contribution in [0.1, 0.15) is 23.2 Å². The Morgan fingerprint density at radius 3 is 2.32 bits per heavy atom. The van der Waals surface area contributed by atoms with E-state index in [2.05, 4.69) is 16.2 Å². The normalized spacial score (nSPS) is 13.5. The first kappa shape index (κ1) is 12.8. The molecule has 0 saturated heterocycles. The van der Waals surface area contributed by atoms with Crippen LogP contribution >= 0.6 is 0 Å². The first-order valence-electron chi connectivity index (χ1n) is 5.67. The lowest BCUT2D eigenvalue weighted by atomic mass is 10.2. The summed E-state index contributed by atoms with van der Waals surface area (Å²) in [7, 11) is 0. The van der Waals surface area contributed by atoms with Crippen LogP contribution in [0.2, 0.25) is 0 Å². The van der Waals surface area contributed by atoms with Gasteiger partial charge >= 0.3 is 6.03 Å². The van der Waals surface area contributed by atoms with Gasteiger partial charge in [-0.2, -0.15) is 0 Å². The quantitative estimate of drug-likeness (QED) is 0.550. The van der Waals surface area contributed by atoms with Crippen molar-refractivity contribution < 1.29 is 14.5 Å². The first-order chi connectivity index (χ1) is 9.06. The van der Waals surface area contributed by atoms with Crippen LogP contribution in [0.5, 0.6) is 0 Å². The molecule has 0 aliphatic heterocycles. The number of amides is 3. The fraction of sp³-hybridized carbons (Fsp3) is 0.273. The maximum atomic E-state index is 11.6. The maximum absolute atomic E-state index is 11.6. The minimum atomic E-state index is -0.553. The van der Waals surface area contributed by atoms with E-state index in [1.54, 1.807) is 0 Å². The molecule has 2 rings (SSSR count). The van der Waals surface area contributed by atoms with Crippen molar-refractivity contribution in [3.8, 4) is 0 Å². The standard InChI is InChI=1S/C11H12N4O4/c16-10(13-14-11(17)12-8-3-4-8)7-1-5-9(6-2-7)15(18)19/h1-2,5-6,8H,3-4H2,(H,13,16)(H2,12,14,17). The maximum Gasteiger partial charge on any atom is 0.333 e. The minimum absolute atomic E-state index is 0.101. The second-order valence-electron chi connectivity index (χ2n) is 4.13. The number of nitro groups is 1. The SMILES string of the molecule is O=C(NNC(=O)c1ccc([N+](=O)[O-])cc1)NC1CC1. The Kier molecular flexibility index (Phi) is 3.60. The number of hydrogen-bond donors (Lipinski definition) is 3. The summed E-state index contributed by atoms with van der Waals surface area (Å²) in [6.07, 6.45) is 1.90. The molecule has 0 aromatic heterocycles. The lowest BCUT2D eigenvalue weighted by Gasteiger charge is -2.07. The zero-order valence-corrected chi connectivity index (χ0v) is 9.88. The van der Waals surface area contributed by atoms with Gasteiger partial charge in [-0.05, 0) is 25.0 Å². The Hall–Kier alpha value is -2.64. The Bertz CT molecular complexity index is 510. The number of carbonyl (C=O) groups excluding carboxylic acids is 2. The molecule has 19 heavy (non-hydrogen) atoms. The van der Waals surface area contributed by atoms with Gasteiger partial charge in [0.1, 0.15) is 0 Å². The Labute approximate surface area is 108 Å². The molecule has 0 spiro atoms. The molecule has 1 aromatic carbocycles. The highest BCUT2D eigenvalue weighted by molar-refractivity contribution is 5.95. The van der Waals surface area contributed by atoms with Crippen LogP contribution in [0.4, 0.5) is 10.5 Å². The number of benzene rings is 1. The molecule has 3 amide bonds. The van der Waals surface area contributed by atoms with Crippen molar-refractivity contribution in [2.75, 3.05) is 0 Å². The molecule has 1 aromatic rings. The molecule has 8 nitrogen and oxygen atoms in total. The molecule has 1 saturated carbocycles. The molecule has 0 heterocycles. The largest absolute Gasteiger partial charge is 0.334 e. The monoisotopic (exact) mass is 264 g/mol. The van der Waals surface area contributed by atoms with Crippen molar-refractivity contribution >= 4 is 17.6 Å². The van der Waals surface area contributed by atoms with Gasteiger partial charge in [-0.3, -0.25) is 20.3 Å². The molecule has 1 aliphatic rings. The Morgan fingerprint density at radius 1 is 1.16 bits per heavy atom. The number of rotatable bonds is 3. The number of nitrogens with one attached hydrogen (secondary N) is 3. The van der Waals surface area contributed by atoms with Crippen molar-refractivity contribution in [1.82, 2.24) is 16.2 Å². The minimum Gasteiger partial charge on any atom is -0.334 e. The zero-order valence-electron chi connectivity index (χ0n) is 9.88. The van der Waals surface area contributed by atoms with E-state index in [0.717, 1.165) is 12.8 Å². The lowest BCUT2D eigenvalue weighted by molar-refractivity contribution is -0.384. The van der Waals surface area contributed by atoms with E-state index in [1.807, 2.05) is 0 Å². The number of nitrogens with zero attached hydrogens (tertiary/aromatic N) is 1. The van der Waals surface area contributed by atoms with Gasteiger partial charge in [0, 0.05) is 23.7 Å². The van der Waals surface area contributed by atoms with Crippen LogP contribution in [0.3, 0.4) is 0 Å². The number of hydrogen-bond acceptors (Lipinski definition) is 4. The van der Waals surface area contributed by atoms with Gasteiger partial charge in [-0.1, -0.05) is 0 Å². The second-order valence-corrected chi connectivity index (χ2v) is 4.13. The summed E-state index contributed by atoms with van der Waals surface area (Å²) in [5.41, 5.74) is 4.53. The fourth-order valence-corrected chi connectivity index (χ4v) is 1.37. The highest BCUT2D eigenvalue weighted by Gasteiger charge is 2.23. The van der Waals surface area contributed by atoms with Gasteiger partial charge in [-0.15, -0.1) is 0 Å². The van der Waals surface area contributed by atoms with Crippen LogP contribution in [-0.2, 0) is 0 Å². The van der Waals surface area contributed by atoms with Crippen molar-refractivity contribution in [3.63, 3.8) is 0 Å². The molecule has 0 atom stereocenters. The van der Waals surface area contributed by atoms with Gasteiger partial charge < -0.3 is 5.32 Å². The Balaban J connectivity index is 1.84. The van der Waals surface area contributed by atoms with Crippen LogP contribution in [0.15, 0.2) is 24.3 Å².